The van der Waals surface area contributed by atoms with Crippen molar-refractivity contribution in [3.63, 3.8) is 0 Å². The van der Waals surface area contributed by atoms with Crippen LogP contribution < -0.4 is 4.72 Å². The summed E-state index contributed by atoms with van der Waals surface area (Å²) >= 11 is 0. The molecule has 0 amide bonds. The number of nitrogens with one attached hydrogen (secondary N) is 1. The zero-order valence-electron chi connectivity index (χ0n) is 10.8. The number of anilines is 1. The number of aromatic nitrogens is 1. The van der Waals surface area contributed by atoms with E-state index >= 15 is 0 Å². The van der Waals surface area contributed by atoms with E-state index in [0.29, 0.717) is 6.54 Å². The van der Waals surface area contributed by atoms with Crippen molar-refractivity contribution in [3.05, 3.63) is 48.3 Å². The van der Waals surface area contributed by atoms with E-state index in [4.69, 9.17) is 5.11 Å². The molecule has 0 fully saturated rings. The molecule has 0 unspecified atom stereocenters. The molecule has 1 heterocycles. The number of rotatable bonds is 5. The van der Waals surface area contributed by atoms with Gasteiger partial charge in [0.25, 0.3) is 10.0 Å². The Morgan fingerprint density at radius 2 is 1.95 bits per heavy atom. The Bertz CT molecular complexity index is 720. The first kappa shape index (κ1) is 14.1. The van der Waals surface area contributed by atoms with Crippen molar-refractivity contribution >= 4 is 21.7 Å². The van der Waals surface area contributed by atoms with Crippen molar-refractivity contribution in [2.24, 2.45) is 0 Å². The molecule has 106 valence electrons. The standard InChI is InChI=1S/C13H14N2O4S/c1-2-15-9-10(8-12(15)13(16)17)14-20(18,19)11-6-4-3-5-7-11/h3-9,14H,2H2,1H3,(H,16,17). The van der Waals surface area contributed by atoms with Crippen LogP contribution >= 0.6 is 0 Å². The molecule has 2 aromatic rings. The van der Waals surface area contributed by atoms with Crippen molar-refractivity contribution in [2.45, 2.75) is 18.4 Å². The molecule has 0 atom stereocenters. The van der Waals surface area contributed by atoms with Gasteiger partial charge in [-0.2, -0.15) is 0 Å². The second-order valence-corrected chi connectivity index (χ2v) is 5.81. The summed E-state index contributed by atoms with van der Waals surface area (Å²) in [5.74, 6) is -1.10. The average Bonchev–Trinajstić information content (AvgIpc) is 2.82. The molecule has 0 spiro atoms. The fourth-order valence-electron chi connectivity index (χ4n) is 1.82. The van der Waals surface area contributed by atoms with Crippen LogP contribution in [0.2, 0.25) is 0 Å². The molecule has 1 aromatic carbocycles. The van der Waals surface area contributed by atoms with E-state index in [2.05, 4.69) is 4.72 Å². The first-order valence-corrected chi connectivity index (χ1v) is 7.43. The number of aromatic carboxylic acids is 1. The Hall–Kier alpha value is -2.28. The van der Waals surface area contributed by atoms with Crippen molar-refractivity contribution < 1.29 is 18.3 Å². The summed E-state index contributed by atoms with van der Waals surface area (Å²) in [5, 5.41) is 9.03. The average molecular weight is 294 g/mol. The Morgan fingerprint density at radius 1 is 1.30 bits per heavy atom. The van der Waals surface area contributed by atoms with Crippen molar-refractivity contribution in [1.82, 2.24) is 4.57 Å². The highest BCUT2D eigenvalue weighted by atomic mass is 32.2. The zero-order valence-corrected chi connectivity index (χ0v) is 11.6. The molecule has 2 N–H and O–H groups in total. The minimum atomic E-state index is -3.71. The largest absolute Gasteiger partial charge is 0.477 e. The van der Waals surface area contributed by atoms with Gasteiger partial charge in [-0.1, -0.05) is 18.2 Å². The first-order valence-electron chi connectivity index (χ1n) is 5.95. The fourth-order valence-corrected chi connectivity index (χ4v) is 2.88. The zero-order chi connectivity index (χ0) is 14.8. The van der Waals surface area contributed by atoms with E-state index in [1.165, 1.54) is 29.0 Å². The summed E-state index contributed by atoms with van der Waals surface area (Å²) in [6.07, 6.45) is 1.46. The van der Waals surface area contributed by atoms with E-state index in [0.717, 1.165) is 0 Å². The second-order valence-electron chi connectivity index (χ2n) is 4.12. The van der Waals surface area contributed by atoms with Gasteiger partial charge < -0.3 is 9.67 Å². The molecule has 2 rings (SSSR count). The summed E-state index contributed by atoms with van der Waals surface area (Å²) in [7, 11) is -3.71. The van der Waals surface area contributed by atoms with Gasteiger partial charge in [0.05, 0.1) is 10.6 Å². The molecule has 6 nitrogen and oxygen atoms in total. The predicted octanol–water partition coefficient (Wildman–Crippen LogP) is 2.01. The molecular formula is C13H14N2O4S. The number of carbonyl (C=O) groups is 1. The van der Waals surface area contributed by atoms with Gasteiger partial charge in [-0.05, 0) is 25.1 Å². The van der Waals surface area contributed by atoms with Crippen LogP contribution in [0.25, 0.3) is 0 Å². The van der Waals surface area contributed by atoms with Gasteiger partial charge in [0.2, 0.25) is 0 Å². The van der Waals surface area contributed by atoms with Gasteiger partial charge in [0.1, 0.15) is 5.69 Å². The summed E-state index contributed by atoms with van der Waals surface area (Å²) in [6, 6.07) is 9.19. The van der Waals surface area contributed by atoms with Gasteiger partial charge in [-0.15, -0.1) is 0 Å². The number of benzene rings is 1. The second kappa shape index (κ2) is 5.38. The van der Waals surface area contributed by atoms with Crippen molar-refractivity contribution in [2.75, 3.05) is 4.72 Å². The molecule has 0 aliphatic rings. The first-order chi connectivity index (χ1) is 9.44. The van der Waals surface area contributed by atoms with Gasteiger partial charge in [-0.3, -0.25) is 4.72 Å². The smallest absolute Gasteiger partial charge is 0.352 e. The van der Waals surface area contributed by atoms with E-state index in [1.807, 2.05) is 0 Å². The quantitative estimate of drug-likeness (QED) is 0.883. The third-order valence-electron chi connectivity index (χ3n) is 2.76. The van der Waals surface area contributed by atoms with Crippen LogP contribution in [0.1, 0.15) is 17.4 Å². The van der Waals surface area contributed by atoms with E-state index in [9.17, 15) is 13.2 Å². The SMILES string of the molecule is CCn1cc(NS(=O)(=O)c2ccccc2)cc1C(=O)O. The van der Waals surface area contributed by atoms with Crippen LogP contribution in [0, 0.1) is 0 Å². The molecular weight excluding hydrogens is 280 g/mol. The maximum absolute atomic E-state index is 12.1. The Labute approximate surface area is 116 Å². The number of hydrogen-bond acceptors (Lipinski definition) is 3. The summed E-state index contributed by atoms with van der Waals surface area (Å²) in [4.78, 5) is 11.2. The minimum Gasteiger partial charge on any atom is -0.477 e. The Balaban J connectivity index is 2.33. The van der Waals surface area contributed by atoms with Crippen LogP contribution in [0.5, 0.6) is 0 Å². The number of carboxylic acid groups (broad SMARTS) is 1. The van der Waals surface area contributed by atoms with E-state index in [-0.39, 0.29) is 16.3 Å². The van der Waals surface area contributed by atoms with Crippen LogP contribution in [0.3, 0.4) is 0 Å². The number of sulfonamides is 1. The lowest BCUT2D eigenvalue weighted by Gasteiger charge is -2.05. The highest BCUT2D eigenvalue weighted by Gasteiger charge is 2.17. The minimum absolute atomic E-state index is 0.0401. The van der Waals surface area contributed by atoms with Crippen molar-refractivity contribution in [1.29, 1.82) is 0 Å². The third kappa shape index (κ3) is 2.83. The molecule has 0 aliphatic carbocycles. The number of carboxylic acids is 1. The molecule has 0 aliphatic heterocycles. The number of nitrogens with zero attached hydrogens (tertiary/aromatic N) is 1. The lowest BCUT2D eigenvalue weighted by Crippen LogP contribution is -2.12. The summed E-state index contributed by atoms with van der Waals surface area (Å²) < 4.78 is 28.1. The molecule has 0 radical (unpaired) electrons. The lowest BCUT2D eigenvalue weighted by atomic mass is 10.4. The van der Waals surface area contributed by atoms with Crippen LogP contribution in [-0.4, -0.2) is 24.1 Å². The maximum atomic E-state index is 12.1. The summed E-state index contributed by atoms with van der Waals surface area (Å²) in [5.41, 5.74) is 0.270. The normalized spacial score (nSPS) is 11.2. The molecule has 1 aromatic heterocycles. The van der Waals surface area contributed by atoms with Crippen LogP contribution in [-0.2, 0) is 16.6 Å². The molecule has 0 saturated carbocycles. The van der Waals surface area contributed by atoms with Gasteiger partial charge in [0.15, 0.2) is 0 Å². The molecule has 0 saturated heterocycles. The maximum Gasteiger partial charge on any atom is 0.352 e. The Kier molecular flexibility index (Phi) is 3.80. The highest BCUT2D eigenvalue weighted by Crippen LogP contribution is 2.19. The lowest BCUT2D eigenvalue weighted by molar-refractivity contribution is 0.0685. The predicted molar refractivity (Wildman–Crippen MR) is 74.3 cm³/mol. The monoisotopic (exact) mass is 294 g/mol. The van der Waals surface area contributed by atoms with E-state index in [1.54, 1.807) is 25.1 Å². The summed E-state index contributed by atoms with van der Waals surface area (Å²) in [6.45, 7) is 2.22. The molecule has 0 bridgehead atoms. The van der Waals surface area contributed by atoms with Crippen LogP contribution in [0.4, 0.5) is 5.69 Å². The topological polar surface area (TPSA) is 88.4 Å². The number of aryl methyl sites for hydroxylation is 1. The number of hydrogen-bond donors (Lipinski definition) is 2. The van der Waals surface area contributed by atoms with Gasteiger partial charge in [0, 0.05) is 12.7 Å². The third-order valence-corrected chi connectivity index (χ3v) is 4.16. The van der Waals surface area contributed by atoms with Gasteiger partial charge >= 0.3 is 5.97 Å². The van der Waals surface area contributed by atoms with Crippen LogP contribution in [0.15, 0.2) is 47.5 Å². The Morgan fingerprint density at radius 3 is 2.45 bits per heavy atom. The molecule has 20 heavy (non-hydrogen) atoms. The van der Waals surface area contributed by atoms with E-state index < -0.39 is 16.0 Å². The van der Waals surface area contributed by atoms with Crippen molar-refractivity contribution in [3.8, 4) is 0 Å². The molecule has 7 heteroatoms. The van der Waals surface area contributed by atoms with Gasteiger partial charge in [-0.25, -0.2) is 13.2 Å². The fraction of sp³-hybridized carbons (Fsp3) is 0.154. The highest BCUT2D eigenvalue weighted by molar-refractivity contribution is 7.92.